The van der Waals surface area contributed by atoms with Crippen LogP contribution in [0.15, 0.2) is 24.3 Å². The van der Waals surface area contributed by atoms with E-state index < -0.39 is 5.97 Å². The molecule has 1 aromatic rings. The van der Waals surface area contributed by atoms with Crippen LogP contribution in [0.2, 0.25) is 0 Å². The highest BCUT2D eigenvalue weighted by atomic mass is 16.6. The van der Waals surface area contributed by atoms with Crippen LogP contribution in [0.25, 0.3) is 0 Å². The molecule has 1 saturated heterocycles. The minimum Gasteiger partial charge on any atom is -0.465 e. The summed E-state index contributed by atoms with van der Waals surface area (Å²) in [5, 5.41) is 0. The van der Waals surface area contributed by atoms with E-state index in [-0.39, 0.29) is 6.09 Å². The number of nitrogens with zero attached hydrogens (tertiary/aromatic N) is 1. The summed E-state index contributed by atoms with van der Waals surface area (Å²) in [4.78, 5) is 25.1. The van der Waals surface area contributed by atoms with Crippen molar-refractivity contribution in [3.63, 3.8) is 0 Å². The van der Waals surface area contributed by atoms with Crippen LogP contribution in [-0.2, 0) is 4.74 Å². The summed E-state index contributed by atoms with van der Waals surface area (Å²) in [7, 11) is 1.32. The topological polar surface area (TPSA) is 55.8 Å². The second-order valence-electron chi connectivity index (χ2n) is 5.22. The SMILES string of the molecule is C#CCC1CCN(C(=O)Oc2ccc(C(=O)OC)cc2)CC1. The van der Waals surface area contributed by atoms with E-state index in [1.807, 2.05) is 0 Å². The summed E-state index contributed by atoms with van der Waals surface area (Å²) in [5.74, 6) is 3.15. The van der Waals surface area contributed by atoms with Crippen LogP contribution in [0.4, 0.5) is 4.79 Å². The van der Waals surface area contributed by atoms with E-state index in [4.69, 9.17) is 11.2 Å². The van der Waals surface area contributed by atoms with Gasteiger partial charge in [-0.2, -0.15) is 0 Å². The van der Waals surface area contributed by atoms with E-state index >= 15 is 0 Å². The van der Waals surface area contributed by atoms with Crippen molar-refractivity contribution in [3.8, 4) is 18.1 Å². The van der Waals surface area contributed by atoms with Gasteiger partial charge < -0.3 is 14.4 Å². The Morgan fingerprint density at radius 3 is 2.45 bits per heavy atom. The molecule has 0 unspecified atom stereocenters. The number of hydrogen-bond donors (Lipinski definition) is 0. The molecule has 1 aliphatic rings. The van der Waals surface area contributed by atoms with Crippen molar-refractivity contribution in [2.24, 2.45) is 5.92 Å². The van der Waals surface area contributed by atoms with E-state index in [2.05, 4.69) is 10.7 Å². The highest BCUT2D eigenvalue weighted by Crippen LogP contribution is 2.21. The Balaban J connectivity index is 1.87. The van der Waals surface area contributed by atoms with Crippen LogP contribution >= 0.6 is 0 Å². The van der Waals surface area contributed by atoms with E-state index in [1.54, 1.807) is 29.2 Å². The Morgan fingerprint density at radius 1 is 1.27 bits per heavy atom. The molecule has 1 fully saturated rings. The highest BCUT2D eigenvalue weighted by molar-refractivity contribution is 5.89. The fourth-order valence-corrected chi connectivity index (χ4v) is 2.43. The van der Waals surface area contributed by atoms with Gasteiger partial charge in [-0.25, -0.2) is 9.59 Å². The average molecular weight is 301 g/mol. The molecular formula is C17H19NO4. The van der Waals surface area contributed by atoms with Gasteiger partial charge in [0.15, 0.2) is 0 Å². The molecule has 5 heteroatoms. The highest BCUT2D eigenvalue weighted by Gasteiger charge is 2.23. The van der Waals surface area contributed by atoms with Crippen LogP contribution in [-0.4, -0.2) is 37.2 Å². The smallest absolute Gasteiger partial charge is 0.415 e. The van der Waals surface area contributed by atoms with Gasteiger partial charge in [-0.1, -0.05) is 0 Å². The molecule has 1 aliphatic heterocycles. The zero-order valence-corrected chi connectivity index (χ0v) is 12.6. The van der Waals surface area contributed by atoms with Crippen molar-refractivity contribution in [2.45, 2.75) is 19.3 Å². The largest absolute Gasteiger partial charge is 0.465 e. The maximum Gasteiger partial charge on any atom is 0.415 e. The maximum absolute atomic E-state index is 12.1. The lowest BCUT2D eigenvalue weighted by molar-refractivity contribution is 0.0600. The van der Waals surface area contributed by atoms with Crippen molar-refractivity contribution in [3.05, 3.63) is 29.8 Å². The third-order valence-corrected chi connectivity index (χ3v) is 3.76. The number of esters is 1. The summed E-state index contributed by atoms with van der Waals surface area (Å²) >= 11 is 0. The minimum atomic E-state index is -0.423. The first kappa shape index (κ1) is 15.9. The van der Waals surface area contributed by atoms with E-state index in [1.165, 1.54) is 7.11 Å². The Labute approximate surface area is 130 Å². The maximum atomic E-state index is 12.1. The standard InChI is InChI=1S/C17H19NO4/c1-3-4-13-9-11-18(12-10-13)17(20)22-15-7-5-14(6-8-15)16(19)21-2/h1,5-8,13H,4,9-12H2,2H3. The summed E-state index contributed by atoms with van der Waals surface area (Å²) in [5.41, 5.74) is 0.414. The predicted molar refractivity (Wildman–Crippen MR) is 81.6 cm³/mol. The second kappa shape index (κ2) is 7.51. The number of likely N-dealkylation sites (tertiary alicyclic amines) is 1. The van der Waals surface area contributed by atoms with Crippen molar-refractivity contribution < 1.29 is 19.1 Å². The Kier molecular flexibility index (Phi) is 5.42. The lowest BCUT2D eigenvalue weighted by atomic mass is 9.94. The second-order valence-corrected chi connectivity index (χ2v) is 5.22. The molecule has 0 bridgehead atoms. The van der Waals surface area contributed by atoms with Gasteiger partial charge in [0.1, 0.15) is 5.75 Å². The van der Waals surface area contributed by atoms with Crippen molar-refractivity contribution in [1.82, 2.24) is 4.90 Å². The monoisotopic (exact) mass is 301 g/mol. The molecular weight excluding hydrogens is 282 g/mol. The lowest BCUT2D eigenvalue weighted by Crippen LogP contribution is -2.40. The number of terminal acetylenes is 1. The van der Waals surface area contributed by atoms with Gasteiger partial charge in [0.25, 0.3) is 0 Å². The Hall–Kier alpha value is -2.48. The fourth-order valence-electron chi connectivity index (χ4n) is 2.43. The van der Waals surface area contributed by atoms with Gasteiger partial charge in [-0.05, 0) is 43.0 Å². The van der Waals surface area contributed by atoms with Crippen LogP contribution in [0.5, 0.6) is 5.75 Å². The van der Waals surface area contributed by atoms with Crippen LogP contribution in [0, 0.1) is 18.3 Å². The number of hydrogen-bond acceptors (Lipinski definition) is 4. The first-order valence-electron chi connectivity index (χ1n) is 7.22. The van der Waals surface area contributed by atoms with Gasteiger partial charge >= 0.3 is 12.1 Å². The molecule has 1 amide bonds. The molecule has 0 spiro atoms. The third kappa shape index (κ3) is 4.01. The first-order valence-corrected chi connectivity index (χ1v) is 7.22. The predicted octanol–water partition coefficient (Wildman–Crippen LogP) is 2.71. The van der Waals surface area contributed by atoms with Crippen LogP contribution in [0.3, 0.4) is 0 Å². The normalized spacial score (nSPS) is 15.0. The molecule has 0 radical (unpaired) electrons. The summed E-state index contributed by atoms with van der Waals surface area (Å²) in [6.45, 7) is 1.32. The van der Waals surface area contributed by atoms with Crippen molar-refractivity contribution >= 4 is 12.1 Å². The van der Waals surface area contributed by atoms with Gasteiger partial charge in [0.05, 0.1) is 12.7 Å². The van der Waals surface area contributed by atoms with E-state index in [0.717, 1.165) is 19.3 Å². The Morgan fingerprint density at radius 2 is 1.91 bits per heavy atom. The molecule has 116 valence electrons. The van der Waals surface area contributed by atoms with Gasteiger partial charge in [-0.3, -0.25) is 0 Å². The number of amides is 1. The number of rotatable bonds is 3. The lowest BCUT2D eigenvalue weighted by Gasteiger charge is -2.30. The molecule has 22 heavy (non-hydrogen) atoms. The summed E-state index contributed by atoms with van der Waals surface area (Å²) in [6, 6.07) is 6.28. The molecule has 0 aliphatic carbocycles. The zero-order valence-electron chi connectivity index (χ0n) is 12.6. The molecule has 0 aromatic heterocycles. The third-order valence-electron chi connectivity index (χ3n) is 3.76. The van der Waals surface area contributed by atoms with Gasteiger partial charge in [0, 0.05) is 19.5 Å². The summed E-state index contributed by atoms with van der Waals surface area (Å²) < 4.78 is 9.93. The first-order chi connectivity index (χ1) is 10.6. The number of piperidine rings is 1. The zero-order chi connectivity index (χ0) is 15.9. The average Bonchev–Trinajstić information content (AvgIpc) is 2.55. The Bertz CT molecular complexity index is 565. The molecule has 0 saturated carbocycles. The summed E-state index contributed by atoms with van der Waals surface area (Å²) in [6.07, 6.45) is 7.51. The molecule has 0 atom stereocenters. The number of carbonyl (C=O) groups is 2. The molecule has 0 N–H and O–H groups in total. The fraction of sp³-hybridized carbons (Fsp3) is 0.412. The number of benzene rings is 1. The quantitative estimate of drug-likeness (QED) is 0.636. The molecule has 2 rings (SSSR count). The number of carbonyl (C=O) groups excluding carboxylic acids is 2. The number of ether oxygens (including phenoxy) is 2. The van der Waals surface area contributed by atoms with E-state index in [0.29, 0.717) is 30.3 Å². The van der Waals surface area contributed by atoms with Crippen LogP contribution < -0.4 is 4.74 Å². The van der Waals surface area contributed by atoms with Crippen molar-refractivity contribution in [2.75, 3.05) is 20.2 Å². The van der Waals surface area contributed by atoms with Gasteiger partial charge in [0.2, 0.25) is 0 Å². The minimum absolute atomic E-state index is 0.370. The van der Waals surface area contributed by atoms with Crippen molar-refractivity contribution in [1.29, 1.82) is 0 Å². The molecule has 1 heterocycles. The molecule has 5 nitrogen and oxygen atoms in total. The molecule has 1 aromatic carbocycles. The van der Waals surface area contributed by atoms with Gasteiger partial charge in [-0.15, -0.1) is 12.3 Å². The van der Waals surface area contributed by atoms with E-state index in [9.17, 15) is 9.59 Å². The number of methoxy groups -OCH3 is 1. The van der Waals surface area contributed by atoms with Crippen LogP contribution in [0.1, 0.15) is 29.6 Å².